The molecule has 0 radical (unpaired) electrons. The van der Waals surface area contributed by atoms with Crippen LogP contribution in [0.3, 0.4) is 0 Å². The minimum atomic E-state index is -0.217. The molecule has 0 heterocycles. The SMILES string of the molecule is CCC(N)CC(=O)Nc1c(C#N)cccc1OC. The molecule has 0 aliphatic heterocycles. The summed E-state index contributed by atoms with van der Waals surface area (Å²) in [7, 11) is 1.49. The van der Waals surface area contributed by atoms with Crippen molar-refractivity contribution < 1.29 is 9.53 Å². The second-order valence-electron chi connectivity index (χ2n) is 3.92. The summed E-state index contributed by atoms with van der Waals surface area (Å²) in [4.78, 5) is 11.8. The van der Waals surface area contributed by atoms with Crippen LogP contribution in [0, 0.1) is 11.3 Å². The number of hydrogen-bond acceptors (Lipinski definition) is 4. The van der Waals surface area contributed by atoms with E-state index >= 15 is 0 Å². The first kappa shape index (κ1) is 14.0. The fourth-order valence-corrected chi connectivity index (χ4v) is 1.50. The third-order valence-corrected chi connectivity index (χ3v) is 2.60. The highest BCUT2D eigenvalue weighted by Gasteiger charge is 2.14. The lowest BCUT2D eigenvalue weighted by molar-refractivity contribution is -0.116. The van der Waals surface area contributed by atoms with Crippen molar-refractivity contribution in [2.75, 3.05) is 12.4 Å². The van der Waals surface area contributed by atoms with Gasteiger partial charge in [0, 0.05) is 12.5 Å². The Morgan fingerprint density at radius 1 is 1.61 bits per heavy atom. The standard InChI is InChI=1S/C13H17N3O2/c1-3-10(15)7-12(17)16-13-9(8-14)5-4-6-11(13)18-2/h4-6,10H,3,7,15H2,1-2H3,(H,16,17). The fourth-order valence-electron chi connectivity index (χ4n) is 1.50. The van der Waals surface area contributed by atoms with Gasteiger partial charge in [0.25, 0.3) is 0 Å². The summed E-state index contributed by atoms with van der Waals surface area (Å²) in [5, 5.41) is 11.7. The number of nitrogens with zero attached hydrogens (tertiary/aromatic N) is 1. The highest BCUT2D eigenvalue weighted by molar-refractivity contribution is 5.94. The first-order chi connectivity index (χ1) is 8.62. The van der Waals surface area contributed by atoms with Gasteiger partial charge in [-0.2, -0.15) is 5.26 Å². The van der Waals surface area contributed by atoms with Crippen molar-refractivity contribution in [1.82, 2.24) is 0 Å². The van der Waals surface area contributed by atoms with Crippen LogP contribution in [0.15, 0.2) is 18.2 Å². The number of methoxy groups -OCH3 is 1. The molecule has 1 atom stereocenters. The number of nitriles is 1. The Kier molecular flexibility index (Phi) is 5.15. The van der Waals surface area contributed by atoms with Crippen LogP contribution in [0.4, 0.5) is 5.69 Å². The summed E-state index contributed by atoms with van der Waals surface area (Å²) in [5.74, 6) is 0.248. The molecule has 0 fully saturated rings. The molecule has 0 aliphatic rings. The average Bonchev–Trinajstić information content (AvgIpc) is 2.38. The Bertz CT molecular complexity index is 466. The van der Waals surface area contributed by atoms with Crippen LogP contribution in [0.2, 0.25) is 0 Å². The Labute approximate surface area is 107 Å². The normalized spacial score (nSPS) is 11.4. The third-order valence-electron chi connectivity index (χ3n) is 2.60. The molecule has 1 rings (SSSR count). The van der Waals surface area contributed by atoms with E-state index in [1.165, 1.54) is 7.11 Å². The van der Waals surface area contributed by atoms with Crippen LogP contribution in [0.25, 0.3) is 0 Å². The molecule has 0 saturated heterocycles. The summed E-state index contributed by atoms with van der Waals surface area (Å²) in [6.07, 6.45) is 0.948. The van der Waals surface area contributed by atoms with Crippen LogP contribution in [-0.4, -0.2) is 19.1 Å². The van der Waals surface area contributed by atoms with E-state index in [0.29, 0.717) is 17.0 Å². The van der Waals surface area contributed by atoms with Gasteiger partial charge < -0.3 is 15.8 Å². The van der Waals surface area contributed by atoms with Crippen molar-refractivity contribution in [2.45, 2.75) is 25.8 Å². The molecule has 5 heteroatoms. The maximum atomic E-state index is 11.8. The molecule has 0 spiro atoms. The van der Waals surface area contributed by atoms with Gasteiger partial charge in [0.1, 0.15) is 17.5 Å². The molecular formula is C13H17N3O2. The monoisotopic (exact) mass is 247 g/mol. The number of rotatable bonds is 5. The lowest BCUT2D eigenvalue weighted by Gasteiger charge is -2.13. The quantitative estimate of drug-likeness (QED) is 0.827. The first-order valence-corrected chi connectivity index (χ1v) is 5.74. The van der Waals surface area contributed by atoms with E-state index in [9.17, 15) is 4.79 Å². The summed E-state index contributed by atoms with van der Waals surface area (Å²) >= 11 is 0. The van der Waals surface area contributed by atoms with Gasteiger partial charge in [-0.15, -0.1) is 0 Å². The Hall–Kier alpha value is -2.06. The zero-order chi connectivity index (χ0) is 13.5. The van der Waals surface area contributed by atoms with E-state index in [-0.39, 0.29) is 18.4 Å². The van der Waals surface area contributed by atoms with Gasteiger partial charge in [-0.1, -0.05) is 13.0 Å². The topological polar surface area (TPSA) is 88.1 Å². The van der Waals surface area contributed by atoms with Crippen molar-refractivity contribution in [1.29, 1.82) is 5.26 Å². The van der Waals surface area contributed by atoms with Gasteiger partial charge >= 0.3 is 0 Å². The van der Waals surface area contributed by atoms with Gasteiger partial charge in [0.2, 0.25) is 5.91 Å². The van der Waals surface area contributed by atoms with Crippen LogP contribution < -0.4 is 15.8 Å². The van der Waals surface area contributed by atoms with Crippen LogP contribution in [-0.2, 0) is 4.79 Å². The number of hydrogen-bond donors (Lipinski definition) is 2. The van der Waals surface area contributed by atoms with Gasteiger partial charge in [0.05, 0.1) is 12.7 Å². The van der Waals surface area contributed by atoms with E-state index in [1.54, 1.807) is 18.2 Å². The van der Waals surface area contributed by atoms with E-state index in [0.717, 1.165) is 6.42 Å². The number of ether oxygens (including phenoxy) is 1. The second kappa shape index (κ2) is 6.62. The third kappa shape index (κ3) is 3.47. The molecule has 0 saturated carbocycles. The number of carbonyl (C=O) groups excluding carboxylic acids is 1. The number of para-hydroxylation sites is 1. The summed E-state index contributed by atoms with van der Waals surface area (Å²) in [6, 6.07) is 6.85. The number of nitrogens with one attached hydrogen (secondary N) is 1. The smallest absolute Gasteiger partial charge is 0.226 e. The number of benzene rings is 1. The molecule has 1 amide bonds. The summed E-state index contributed by atoms with van der Waals surface area (Å²) in [5.41, 5.74) is 6.48. The molecule has 96 valence electrons. The van der Waals surface area contributed by atoms with Crippen molar-refractivity contribution in [3.8, 4) is 11.8 Å². The lowest BCUT2D eigenvalue weighted by Crippen LogP contribution is -2.26. The molecule has 18 heavy (non-hydrogen) atoms. The minimum absolute atomic E-state index is 0.176. The molecule has 1 aromatic rings. The fraction of sp³-hybridized carbons (Fsp3) is 0.385. The second-order valence-corrected chi connectivity index (χ2v) is 3.92. The van der Waals surface area contributed by atoms with Gasteiger partial charge in [-0.05, 0) is 18.6 Å². The minimum Gasteiger partial charge on any atom is -0.495 e. The Morgan fingerprint density at radius 3 is 2.89 bits per heavy atom. The van der Waals surface area contributed by atoms with E-state index in [4.69, 9.17) is 15.7 Å². The molecule has 0 aromatic heterocycles. The lowest BCUT2D eigenvalue weighted by atomic mass is 10.1. The number of anilines is 1. The Balaban J connectivity index is 2.89. The van der Waals surface area contributed by atoms with Gasteiger partial charge in [-0.25, -0.2) is 0 Å². The molecule has 3 N–H and O–H groups in total. The van der Waals surface area contributed by atoms with Crippen LogP contribution in [0.5, 0.6) is 5.75 Å². The molecule has 1 aromatic carbocycles. The number of carbonyl (C=O) groups is 1. The van der Waals surface area contributed by atoms with E-state index in [1.807, 2.05) is 13.0 Å². The molecular weight excluding hydrogens is 230 g/mol. The van der Waals surface area contributed by atoms with Crippen molar-refractivity contribution in [2.24, 2.45) is 5.73 Å². The van der Waals surface area contributed by atoms with Crippen LogP contribution in [0.1, 0.15) is 25.3 Å². The van der Waals surface area contributed by atoms with Gasteiger partial charge in [0.15, 0.2) is 0 Å². The zero-order valence-electron chi connectivity index (χ0n) is 10.6. The predicted molar refractivity (Wildman–Crippen MR) is 69.2 cm³/mol. The zero-order valence-corrected chi connectivity index (χ0v) is 10.6. The largest absolute Gasteiger partial charge is 0.495 e. The Morgan fingerprint density at radius 2 is 2.33 bits per heavy atom. The van der Waals surface area contributed by atoms with Gasteiger partial charge in [-0.3, -0.25) is 4.79 Å². The number of amides is 1. The van der Waals surface area contributed by atoms with Crippen molar-refractivity contribution >= 4 is 11.6 Å². The molecule has 0 bridgehead atoms. The molecule has 0 aliphatic carbocycles. The van der Waals surface area contributed by atoms with Crippen molar-refractivity contribution in [3.05, 3.63) is 23.8 Å². The summed E-state index contributed by atoms with van der Waals surface area (Å²) in [6.45, 7) is 1.92. The van der Waals surface area contributed by atoms with Crippen molar-refractivity contribution in [3.63, 3.8) is 0 Å². The maximum absolute atomic E-state index is 11.8. The summed E-state index contributed by atoms with van der Waals surface area (Å²) < 4.78 is 5.12. The first-order valence-electron chi connectivity index (χ1n) is 5.74. The maximum Gasteiger partial charge on any atom is 0.226 e. The van der Waals surface area contributed by atoms with E-state index < -0.39 is 0 Å². The molecule has 1 unspecified atom stereocenters. The average molecular weight is 247 g/mol. The number of nitrogens with two attached hydrogens (primary N) is 1. The van der Waals surface area contributed by atoms with E-state index in [2.05, 4.69) is 5.32 Å². The predicted octanol–water partition coefficient (Wildman–Crippen LogP) is 1.63. The molecule has 5 nitrogen and oxygen atoms in total. The highest BCUT2D eigenvalue weighted by Crippen LogP contribution is 2.27. The van der Waals surface area contributed by atoms with Crippen LogP contribution >= 0.6 is 0 Å². The highest BCUT2D eigenvalue weighted by atomic mass is 16.5.